The van der Waals surface area contributed by atoms with Gasteiger partial charge in [-0.05, 0) is 75.6 Å². The van der Waals surface area contributed by atoms with Gasteiger partial charge < -0.3 is 14.6 Å². The number of rotatable bonds is 6. The van der Waals surface area contributed by atoms with Crippen LogP contribution in [-0.4, -0.2) is 43.0 Å². The summed E-state index contributed by atoms with van der Waals surface area (Å²) in [4.78, 5) is 11.3. The van der Waals surface area contributed by atoms with E-state index in [1.165, 1.54) is 7.11 Å². The number of halogens is 6. The Morgan fingerprint density at radius 2 is 1.76 bits per heavy atom. The highest BCUT2D eigenvalue weighted by Gasteiger charge is 2.72. The normalized spacial score (nSPS) is 16.6. The predicted octanol–water partition coefficient (Wildman–Crippen LogP) is 6.18. The van der Waals surface area contributed by atoms with Crippen molar-refractivity contribution in [3.05, 3.63) is 81.8 Å². The Morgan fingerprint density at radius 3 is 2.41 bits per heavy atom. The van der Waals surface area contributed by atoms with E-state index < -0.39 is 23.5 Å². The highest BCUT2D eigenvalue weighted by molar-refractivity contribution is 8.01. The Bertz CT molecular complexity index is 1300. The molecular weight excluding hydrogens is 520 g/mol. The third-order valence-electron chi connectivity index (χ3n) is 6.25. The van der Waals surface area contributed by atoms with Gasteiger partial charge in [0.05, 0.1) is 7.11 Å². The molecule has 2 aliphatic rings. The molecule has 1 heterocycles. The molecule has 11 heteroatoms. The average molecular weight is 542 g/mol. The molecule has 37 heavy (non-hydrogen) atoms. The van der Waals surface area contributed by atoms with Crippen molar-refractivity contribution in [2.45, 2.75) is 30.8 Å². The molecule has 0 atom stereocenters. The Hall–Kier alpha value is -3.02. The number of ether oxygens (including phenoxy) is 1. The lowest BCUT2D eigenvalue weighted by atomic mass is 9.83. The Balaban J connectivity index is 1.86. The summed E-state index contributed by atoms with van der Waals surface area (Å²) < 4.78 is 88.9. The number of methoxy groups -OCH3 is 1. The average Bonchev–Trinajstić information content (AvgIpc) is 2.86. The first-order valence-electron chi connectivity index (χ1n) is 11.0. The minimum absolute atomic E-state index is 0.152. The van der Waals surface area contributed by atoms with Crippen molar-refractivity contribution in [3.8, 4) is 16.9 Å². The molecule has 0 fully saturated rings. The highest BCUT2D eigenvalue weighted by Crippen LogP contribution is 2.51. The maximum Gasteiger partial charge on any atom is 0.430 e. The third kappa shape index (κ3) is 4.95. The number of fused-ring (bicyclic) bond motifs is 1. The van der Waals surface area contributed by atoms with Gasteiger partial charge in [0.1, 0.15) is 12.0 Å². The highest BCUT2D eigenvalue weighted by atomic mass is 32.2. The van der Waals surface area contributed by atoms with Gasteiger partial charge in [-0.15, -0.1) is 0 Å². The summed E-state index contributed by atoms with van der Waals surface area (Å²) in [6.45, 7) is 0.285. The first kappa shape index (κ1) is 27.0. The number of aldehydes is 1. The van der Waals surface area contributed by atoms with Crippen molar-refractivity contribution in [1.82, 2.24) is 4.72 Å². The van der Waals surface area contributed by atoms with Crippen LogP contribution in [0.2, 0.25) is 0 Å². The number of alkyl halides is 6. The van der Waals surface area contributed by atoms with Gasteiger partial charge in [0.25, 0.3) is 5.60 Å². The van der Waals surface area contributed by atoms with Crippen LogP contribution in [0.15, 0.2) is 70.7 Å². The van der Waals surface area contributed by atoms with Crippen molar-refractivity contribution >= 4 is 23.8 Å². The van der Waals surface area contributed by atoms with E-state index in [2.05, 4.69) is 4.72 Å². The zero-order valence-electron chi connectivity index (χ0n) is 19.3. The fraction of sp³-hybridized carbons (Fsp3) is 0.269. The van der Waals surface area contributed by atoms with Crippen LogP contribution in [-0.2, 0) is 11.2 Å². The van der Waals surface area contributed by atoms with Gasteiger partial charge >= 0.3 is 12.4 Å². The fourth-order valence-corrected chi connectivity index (χ4v) is 5.25. The van der Waals surface area contributed by atoms with Crippen LogP contribution in [0.3, 0.4) is 0 Å². The van der Waals surface area contributed by atoms with Crippen molar-refractivity contribution in [2.75, 3.05) is 13.7 Å². The van der Waals surface area contributed by atoms with Crippen LogP contribution in [0.4, 0.5) is 26.3 Å². The number of carbonyl (C=O) groups is 1. The van der Waals surface area contributed by atoms with E-state index in [0.29, 0.717) is 22.5 Å². The lowest BCUT2D eigenvalue weighted by Gasteiger charge is -2.36. The minimum Gasteiger partial charge on any atom is -0.497 e. The molecule has 0 saturated carbocycles. The second-order valence-corrected chi connectivity index (χ2v) is 9.37. The van der Waals surface area contributed by atoms with E-state index in [4.69, 9.17) is 4.74 Å². The van der Waals surface area contributed by atoms with E-state index in [-0.39, 0.29) is 24.3 Å². The van der Waals surface area contributed by atoms with Crippen LogP contribution < -0.4 is 9.46 Å². The molecule has 1 aliphatic heterocycles. The quantitative estimate of drug-likeness (QED) is 0.260. The molecule has 196 valence electrons. The van der Waals surface area contributed by atoms with Gasteiger partial charge in [0.2, 0.25) is 0 Å². The monoisotopic (exact) mass is 541 g/mol. The Morgan fingerprint density at radius 1 is 1.03 bits per heavy atom. The summed E-state index contributed by atoms with van der Waals surface area (Å²) in [7, 11) is 1.52. The van der Waals surface area contributed by atoms with E-state index >= 15 is 0 Å². The second kappa shape index (κ2) is 10.0. The first-order chi connectivity index (χ1) is 17.4. The lowest BCUT2D eigenvalue weighted by Crippen LogP contribution is -2.58. The third-order valence-corrected chi connectivity index (χ3v) is 7.13. The van der Waals surface area contributed by atoms with Crippen molar-refractivity contribution in [2.24, 2.45) is 0 Å². The summed E-state index contributed by atoms with van der Waals surface area (Å²) in [5.74, 6) is 0.587. The molecule has 0 unspecified atom stereocenters. The molecule has 2 aromatic rings. The molecule has 4 nitrogen and oxygen atoms in total. The number of hydrogen-bond donors (Lipinski definition) is 2. The number of carbonyl (C=O) groups excluding carboxylic acids is 1. The Labute approximate surface area is 212 Å². The molecule has 0 bridgehead atoms. The lowest BCUT2D eigenvalue weighted by molar-refractivity contribution is -0.351. The molecule has 1 aliphatic carbocycles. The van der Waals surface area contributed by atoms with Gasteiger partial charge in [0.15, 0.2) is 0 Å². The van der Waals surface area contributed by atoms with Crippen molar-refractivity contribution in [3.63, 3.8) is 0 Å². The number of benzene rings is 2. The van der Waals surface area contributed by atoms with Crippen LogP contribution in [0.5, 0.6) is 5.75 Å². The molecule has 0 aromatic heterocycles. The topological polar surface area (TPSA) is 58.6 Å². The van der Waals surface area contributed by atoms with Crippen LogP contribution in [0, 0.1) is 0 Å². The summed E-state index contributed by atoms with van der Waals surface area (Å²) >= 11 is 0.906. The minimum atomic E-state index is -5.96. The van der Waals surface area contributed by atoms with Crippen molar-refractivity contribution in [1.29, 1.82) is 0 Å². The molecule has 2 N–H and O–H groups in total. The molecule has 0 radical (unpaired) electrons. The zero-order chi connectivity index (χ0) is 27.0. The molecule has 0 spiro atoms. The van der Waals surface area contributed by atoms with Gasteiger partial charge in [0, 0.05) is 17.9 Å². The zero-order valence-corrected chi connectivity index (χ0v) is 20.2. The molecular formula is C26H21F6NO3S. The molecule has 4 rings (SSSR count). The number of hydrogen-bond acceptors (Lipinski definition) is 5. The smallest absolute Gasteiger partial charge is 0.430 e. The van der Waals surface area contributed by atoms with E-state index in [9.17, 15) is 36.2 Å². The standard InChI is InChI=1S/C26H21F6NO3S/c1-36-18-4-2-3-16(12-18)21-11-15(9-10-34)5-7-19(21)22-14-33-37-23-13-17(6-8-20(22)23)24(35,25(27,28)29)26(30,31)32/h2-7,10-13,33,35H,8-9,14H2,1H3. The molecule has 0 saturated heterocycles. The number of aliphatic hydroxyl groups is 1. The maximum absolute atomic E-state index is 13.4. The van der Waals surface area contributed by atoms with Crippen LogP contribution >= 0.6 is 11.9 Å². The van der Waals surface area contributed by atoms with Crippen molar-refractivity contribution < 1.29 is 41.0 Å². The summed E-state index contributed by atoms with van der Waals surface area (Å²) in [5, 5.41) is 9.86. The van der Waals surface area contributed by atoms with E-state index in [0.717, 1.165) is 47.1 Å². The number of allylic oxidation sites excluding steroid dienone is 2. The van der Waals surface area contributed by atoms with E-state index in [1.54, 1.807) is 30.3 Å². The summed E-state index contributed by atoms with van der Waals surface area (Å²) in [6, 6.07) is 12.5. The Kier molecular flexibility index (Phi) is 7.33. The first-order valence-corrected chi connectivity index (χ1v) is 11.8. The fourth-order valence-electron chi connectivity index (χ4n) is 4.36. The summed E-state index contributed by atoms with van der Waals surface area (Å²) in [5.41, 5.74) is -2.10. The molecule has 0 amide bonds. The van der Waals surface area contributed by atoms with Gasteiger partial charge in [-0.3, -0.25) is 4.72 Å². The molecule has 2 aromatic carbocycles. The van der Waals surface area contributed by atoms with Gasteiger partial charge in [-0.25, -0.2) is 0 Å². The van der Waals surface area contributed by atoms with E-state index in [1.807, 2.05) is 12.1 Å². The second-order valence-electron chi connectivity index (χ2n) is 8.44. The summed E-state index contributed by atoms with van der Waals surface area (Å²) in [6.07, 6.45) is -9.71. The predicted molar refractivity (Wildman–Crippen MR) is 129 cm³/mol. The van der Waals surface area contributed by atoms with Gasteiger partial charge in [-0.2, -0.15) is 26.3 Å². The maximum atomic E-state index is 13.4. The van der Waals surface area contributed by atoms with Crippen LogP contribution in [0.1, 0.15) is 17.5 Å². The number of nitrogens with one attached hydrogen (secondary N) is 1. The largest absolute Gasteiger partial charge is 0.497 e. The van der Waals surface area contributed by atoms with Gasteiger partial charge in [-0.1, -0.05) is 36.4 Å². The van der Waals surface area contributed by atoms with Crippen LogP contribution in [0.25, 0.3) is 16.7 Å². The SMILES string of the molecule is COc1cccc(-c2cc(CC=O)ccc2C2=C3CC=C(C(O)(C(F)(F)F)C(F)(F)F)C=C3SNC2)c1.